The van der Waals surface area contributed by atoms with E-state index in [1.807, 2.05) is 6.92 Å². The lowest BCUT2D eigenvalue weighted by Gasteiger charge is -2.37. The van der Waals surface area contributed by atoms with Crippen molar-refractivity contribution in [2.75, 3.05) is 18.1 Å². The van der Waals surface area contributed by atoms with Crippen LogP contribution in [-0.4, -0.2) is 38.4 Å². The maximum absolute atomic E-state index is 12.7. The van der Waals surface area contributed by atoms with Crippen LogP contribution in [0.25, 0.3) is 0 Å². The van der Waals surface area contributed by atoms with E-state index in [4.69, 9.17) is 9.16 Å². The summed E-state index contributed by atoms with van der Waals surface area (Å²) in [5, 5.41) is 11.1. The topological polar surface area (TPSA) is 81.9 Å². The van der Waals surface area contributed by atoms with Gasteiger partial charge in [-0.3, -0.25) is 14.9 Å². The second-order valence-corrected chi connectivity index (χ2v) is 12.8. The number of rotatable bonds is 6. The highest BCUT2D eigenvalue weighted by Gasteiger charge is 2.38. The molecule has 1 aromatic rings. The third kappa shape index (κ3) is 4.07. The minimum absolute atomic E-state index is 0.0505. The van der Waals surface area contributed by atoms with Crippen LogP contribution in [0.3, 0.4) is 0 Å². The van der Waals surface area contributed by atoms with Crippen molar-refractivity contribution in [2.45, 2.75) is 58.4 Å². The van der Waals surface area contributed by atoms with E-state index in [2.05, 4.69) is 33.9 Å². The molecule has 0 saturated carbocycles. The first-order valence-corrected chi connectivity index (χ1v) is 11.8. The van der Waals surface area contributed by atoms with Gasteiger partial charge in [0.05, 0.1) is 16.7 Å². The second-order valence-electron chi connectivity index (χ2n) is 8.00. The van der Waals surface area contributed by atoms with Crippen LogP contribution in [0.2, 0.25) is 18.1 Å². The highest BCUT2D eigenvalue weighted by Crippen LogP contribution is 2.39. The van der Waals surface area contributed by atoms with E-state index >= 15 is 0 Å². The molecule has 26 heavy (non-hydrogen) atoms. The number of amides is 1. The Labute approximate surface area is 155 Å². The van der Waals surface area contributed by atoms with Gasteiger partial charge in [0.1, 0.15) is 0 Å². The lowest BCUT2D eigenvalue weighted by atomic mass is 10.1. The van der Waals surface area contributed by atoms with Crippen molar-refractivity contribution in [2.24, 2.45) is 0 Å². The van der Waals surface area contributed by atoms with Gasteiger partial charge in [-0.2, -0.15) is 0 Å². The molecule has 0 fully saturated rings. The molecule has 1 heterocycles. The number of likely N-dealkylation sites (N-methyl/N-ethyl adjacent to an activating group) is 1. The number of nitro benzene ring substituents is 1. The highest BCUT2D eigenvalue weighted by atomic mass is 28.4. The molecular weight excluding hydrogens is 352 g/mol. The van der Waals surface area contributed by atoms with Gasteiger partial charge < -0.3 is 14.1 Å². The third-order valence-electron chi connectivity index (χ3n) is 5.22. The smallest absolute Gasteiger partial charge is 0.273 e. The Bertz CT molecular complexity index is 699. The summed E-state index contributed by atoms with van der Waals surface area (Å²) >= 11 is 0. The summed E-state index contributed by atoms with van der Waals surface area (Å²) in [5.41, 5.74) is 0.523. The van der Waals surface area contributed by atoms with E-state index in [1.165, 1.54) is 12.1 Å². The molecule has 0 N–H and O–H groups in total. The lowest BCUT2D eigenvalue weighted by Crippen LogP contribution is -2.47. The van der Waals surface area contributed by atoms with Crippen molar-refractivity contribution in [1.82, 2.24) is 0 Å². The summed E-state index contributed by atoms with van der Waals surface area (Å²) in [4.78, 5) is 24.9. The predicted octanol–water partition coefficient (Wildman–Crippen LogP) is 4.12. The SMILES string of the molecule is CCN1C(=O)C(CCO[Si](C)(C)C(C)(C)C)Oc2cc([N+](=O)[O-])ccc21. The van der Waals surface area contributed by atoms with Crippen molar-refractivity contribution in [3.63, 3.8) is 0 Å². The van der Waals surface area contributed by atoms with Gasteiger partial charge >= 0.3 is 0 Å². The molecule has 8 heteroatoms. The van der Waals surface area contributed by atoms with Crippen LogP contribution in [0.4, 0.5) is 11.4 Å². The van der Waals surface area contributed by atoms with Crippen LogP contribution in [0.5, 0.6) is 5.75 Å². The average Bonchev–Trinajstić information content (AvgIpc) is 2.53. The van der Waals surface area contributed by atoms with Gasteiger partial charge in [0.2, 0.25) is 0 Å². The molecule has 2 rings (SSSR count). The van der Waals surface area contributed by atoms with Crippen LogP contribution >= 0.6 is 0 Å². The van der Waals surface area contributed by atoms with Crippen LogP contribution in [-0.2, 0) is 9.22 Å². The van der Waals surface area contributed by atoms with Crippen molar-refractivity contribution in [1.29, 1.82) is 0 Å². The number of anilines is 1. The fourth-order valence-corrected chi connectivity index (χ4v) is 3.64. The van der Waals surface area contributed by atoms with Crippen molar-refractivity contribution >= 4 is 25.6 Å². The molecule has 0 saturated heterocycles. The number of nitrogens with zero attached hydrogens (tertiary/aromatic N) is 2. The summed E-state index contributed by atoms with van der Waals surface area (Å²) in [5.74, 6) is 0.241. The number of hydrogen-bond acceptors (Lipinski definition) is 5. The summed E-state index contributed by atoms with van der Waals surface area (Å²) in [6, 6.07) is 4.34. The predicted molar refractivity (Wildman–Crippen MR) is 103 cm³/mol. The van der Waals surface area contributed by atoms with Crippen molar-refractivity contribution < 1.29 is 18.9 Å². The second kappa shape index (κ2) is 7.36. The van der Waals surface area contributed by atoms with Crippen molar-refractivity contribution in [3.05, 3.63) is 28.3 Å². The van der Waals surface area contributed by atoms with E-state index in [9.17, 15) is 14.9 Å². The van der Waals surface area contributed by atoms with Gasteiger partial charge in [-0.25, -0.2) is 0 Å². The van der Waals surface area contributed by atoms with E-state index in [0.717, 1.165) is 0 Å². The molecule has 1 unspecified atom stereocenters. The first-order valence-electron chi connectivity index (χ1n) is 8.88. The minimum atomic E-state index is -1.90. The maximum atomic E-state index is 12.7. The largest absolute Gasteiger partial charge is 0.478 e. The lowest BCUT2D eigenvalue weighted by molar-refractivity contribution is -0.384. The van der Waals surface area contributed by atoms with Crippen LogP contribution < -0.4 is 9.64 Å². The standard InChI is InChI=1S/C18H28N2O5Si/c1-7-19-14-9-8-13(20(22)23)12-16(14)25-15(17(19)21)10-11-24-26(5,6)18(2,3)4/h8-9,12,15H,7,10-11H2,1-6H3. The monoisotopic (exact) mass is 380 g/mol. The first-order chi connectivity index (χ1) is 12.0. The molecule has 0 spiro atoms. The van der Waals surface area contributed by atoms with E-state index < -0.39 is 19.3 Å². The molecule has 1 aromatic carbocycles. The van der Waals surface area contributed by atoms with Crippen LogP contribution in [0.1, 0.15) is 34.1 Å². The molecule has 0 bridgehead atoms. The van der Waals surface area contributed by atoms with E-state index in [-0.39, 0.29) is 16.6 Å². The fraction of sp³-hybridized carbons (Fsp3) is 0.611. The molecule has 1 aliphatic rings. The van der Waals surface area contributed by atoms with Gasteiger partial charge in [0.15, 0.2) is 20.2 Å². The van der Waals surface area contributed by atoms with Gasteiger partial charge in [-0.05, 0) is 31.1 Å². The Balaban J connectivity index is 2.15. The van der Waals surface area contributed by atoms with Gasteiger partial charge in [-0.15, -0.1) is 0 Å². The average molecular weight is 381 g/mol. The third-order valence-corrected chi connectivity index (χ3v) is 9.76. The Hall–Kier alpha value is -1.93. The molecule has 0 aromatic heterocycles. The maximum Gasteiger partial charge on any atom is 0.273 e. The zero-order valence-corrected chi connectivity index (χ0v) is 17.4. The Morgan fingerprint density at radius 1 is 1.35 bits per heavy atom. The summed E-state index contributed by atoms with van der Waals surface area (Å²) in [6.07, 6.45) is -0.265. The Morgan fingerprint density at radius 2 is 2.00 bits per heavy atom. The molecule has 144 valence electrons. The molecular formula is C18H28N2O5Si. The normalized spacial score (nSPS) is 17.7. The van der Waals surface area contributed by atoms with E-state index in [0.29, 0.717) is 31.0 Å². The fourth-order valence-electron chi connectivity index (χ4n) is 2.58. The molecule has 1 atom stereocenters. The van der Waals surface area contributed by atoms with Crippen LogP contribution in [0.15, 0.2) is 18.2 Å². The van der Waals surface area contributed by atoms with Crippen LogP contribution in [0, 0.1) is 10.1 Å². The summed E-state index contributed by atoms with van der Waals surface area (Å²) in [6.45, 7) is 13.6. The Kier molecular flexibility index (Phi) is 5.77. The zero-order valence-electron chi connectivity index (χ0n) is 16.4. The van der Waals surface area contributed by atoms with Gasteiger partial charge in [-0.1, -0.05) is 20.8 Å². The minimum Gasteiger partial charge on any atom is -0.478 e. The van der Waals surface area contributed by atoms with Crippen molar-refractivity contribution in [3.8, 4) is 5.75 Å². The molecule has 0 aliphatic carbocycles. The number of carbonyl (C=O) groups excluding carboxylic acids is 1. The number of nitro groups is 1. The van der Waals surface area contributed by atoms with Gasteiger partial charge in [0.25, 0.3) is 11.6 Å². The van der Waals surface area contributed by atoms with E-state index in [1.54, 1.807) is 11.0 Å². The number of hydrogen-bond donors (Lipinski definition) is 0. The zero-order chi connectivity index (χ0) is 19.7. The molecule has 1 amide bonds. The quantitative estimate of drug-likeness (QED) is 0.421. The first kappa shape index (κ1) is 20.4. The molecule has 7 nitrogen and oxygen atoms in total. The summed E-state index contributed by atoms with van der Waals surface area (Å²) < 4.78 is 12.0. The highest BCUT2D eigenvalue weighted by molar-refractivity contribution is 6.74. The Morgan fingerprint density at radius 3 is 2.54 bits per heavy atom. The molecule has 0 radical (unpaired) electrons. The summed E-state index contributed by atoms with van der Waals surface area (Å²) in [7, 11) is -1.90. The number of carbonyl (C=O) groups is 1. The number of benzene rings is 1. The molecule has 1 aliphatic heterocycles. The number of ether oxygens (including phenoxy) is 1. The van der Waals surface area contributed by atoms with Gasteiger partial charge in [0, 0.05) is 25.6 Å². The number of non-ortho nitro benzene ring substituents is 1. The number of fused-ring (bicyclic) bond motifs is 1.